The molecule has 1 aromatic carbocycles. The minimum absolute atomic E-state index is 0.238. The van der Waals surface area contributed by atoms with E-state index in [0.29, 0.717) is 5.75 Å². The van der Waals surface area contributed by atoms with E-state index in [1.807, 2.05) is 13.8 Å². The third-order valence-corrected chi connectivity index (χ3v) is 4.05. The fourth-order valence-corrected chi connectivity index (χ4v) is 2.51. The van der Waals surface area contributed by atoms with Gasteiger partial charge in [-0.05, 0) is 32.0 Å². The summed E-state index contributed by atoms with van der Waals surface area (Å²) in [7, 11) is -0.909. The number of nitrogens with one attached hydrogen (secondary N) is 1. The summed E-state index contributed by atoms with van der Waals surface area (Å²) in [4.78, 5) is 0. The maximum absolute atomic E-state index is 11.4. The van der Waals surface area contributed by atoms with Gasteiger partial charge in [0.1, 0.15) is 11.5 Å². The van der Waals surface area contributed by atoms with Gasteiger partial charge in [0.15, 0.2) is 0 Å². The van der Waals surface area contributed by atoms with Crippen molar-refractivity contribution < 1.29 is 22.1 Å². The minimum Gasteiger partial charge on any atom is -0.464 e. The second-order valence-corrected chi connectivity index (χ2v) is 6.29. The van der Waals surface area contributed by atoms with E-state index in [9.17, 15) is 8.42 Å². The Hall–Kier alpha value is -1.31. The maximum atomic E-state index is 11.4. The van der Waals surface area contributed by atoms with Crippen LogP contribution in [0.5, 0.6) is 11.5 Å². The van der Waals surface area contributed by atoms with E-state index in [2.05, 4.69) is 4.72 Å². The molecule has 0 aliphatic carbocycles. The Balaban J connectivity index is 2.36. The number of fused-ring (bicyclic) bond motifs is 1. The molecule has 1 aliphatic heterocycles. The zero-order chi connectivity index (χ0) is 14.3. The second-order valence-electron chi connectivity index (χ2n) is 4.81. The Morgan fingerprint density at radius 2 is 2.05 bits per heavy atom. The predicted octanol–water partition coefficient (Wildman–Crippen LogP) is 1.17. The van der Waals surface area contributed by atoms with Crippen LogP contribution in [0, 0.1) is 0 Å². The number of ether oxygens (including phenoxy) is 2. The van der Waals surface area contributed by atoms with Crippen LogP contribution < -0.4 is 13.6 Å². The van der Waals surface area contributed by atoms with Crippen LogP contribution in [0.25, 0.3) is 0 Å². The normalized spacial score (nSPS) is 20.7. The van der Waals surface area contributed by atoms with Gasteiger partial charge >= 0.3 is 10.3 Å². The average molecular weight is 287 g/mol. The van der Waals surface area contributed by atoms with Gasteiger partial charge in [-0.15, -0.1) is 0 Å². The SMILES string of the molecule is CNS(=O)(=O)Oc1ccc2c(c1)C(C)(C)C(OC)O2. The molecule has 19 heavy (non-hydrogen) atoms. The van der Waals surface area contributed by atoms with Gasteiger partial charge in [-0.3, -0.25) is 0 Å². The molecule has 2 rings (SSSR count). The molecular formula is C12H17NO5S. The van der Waals surface area contributed by atoms with E-state index in [4.69, 9.17) is 13.7 Å². The first-order chi connectivity index (χ1) is 8.80. The highest BCUT2D eigenvalue weighted by molar-refractivity contribution is 7.85. The van der Waals surface area contributed by atoms with Crippen LogP contribution in [-0.4, -0.2) is 28.9 Å². The van der Waals surface area contributed by atoms with Crippen molar-refractivity contribution in [2.75, 3.05) is 14.2 Å². The Morgan fingerprint density at radius 1 is 1.37 bits per heavy atom. The van der Waals surface area contributed by atoms with Gasteiger partial charge in [0.05, 0.1) is 5.41 Å². The molecule has 0 saturated heterocycles. The van der Waals surface area contributed by atoms with E-state index in [1.54, 1.807) is 25.3 Å². The van der Waals surface area contributed by atoms with E-state index >= 15 is 0 Å². The summed E-state index contributed by atoms with van der Waals surface area (Å²) in [6.07, 6.45) is -0.404. The summed E-state index contributed by atoms with van der Waals surface area (Å²) < 4.78 is 40.6. The van der Waals surface area contributed by atoms with E-state index in [-0.39, 0.29) is 11.2 Å². The maximum Gasteiger partial charge on any atom is 0.382 e. The van der Waals surface area contributed by atoms with Crippen molar-refractivity contribution in [3.8, 4) is 11.5 Å². The molecule has 1 aromatic rings. The quantitative estimate of drug-likeness (QED) is 0.900. The van der Waals surface area contributed by atoms with Crippen LogP contribution in [0.1, 0.15) is 19.4 Å². The van der Waals surface area contributed by atoms with Gasteiger partial charge in [-0.25, -0.2) is 0 Å². The molecular weight excluding hydrogens is 270 g/mol. The summed E-state index contributed by atoms with van der Waals surface area (Å²) in [6.45, 7) is 3.92. The molecule has 1 heterocycles. The zero-order valence-electron chi connectivity index (χ0n) is 11.3. The molecule has 6 nitrogen and oxygen atoms in total. The number of methoxy groups -OCH3 is 1. The Morgan fingerprint density at radius 3 is 2.63 bits per heavy atom. The van der Waals surface area contributed by atoms with Crippen LogP contribution in [0.3, 0.4) is 0 Å². The largest absolute Gasteiger partial charge is 0.464 e. The van der Waals surface area contributed by atoms with Crippen molar-refractivity contribution >= 4 is 10.3 Å². The first-order valence-corrected chi connectivity index (χ1v) is 7.18. The molecule has 0 spiro atoms. The molecule has 0 fully saturated rings. The number of rotatable bonds is 4. The van der Waals surface area contributed by atoms with E-state index in [0.717, 1.165) is 5.56 Å². The lowest BCUT2D eigenvalue weighted by Crippen LogP contribution is -2.33. The van der Waals surface area contributed by atoms with Crippen molar-refractivity contribution in [3.63, 3.8) is 0 Å². The number of hydrogen-bond acceptors (Lipinski definition) is 5. The van der Waals surface area contributed by atoms with Crippen molar-refractivity contribution in [3.05, 3.63) is 23.8 Å². The van der Waals surface area contributed by atoms with Crippen molar-refractivity contribution in [2.45, 2.75) is 25.6 Å². The van der Waals surface area contributed by atoms with E-state index < -0.39 is 16.6 Å². The molecule has 1 unspecified atom stereocenters. The molecule has 1 aliphatic rings. The Bertz CT molecular complexity index is 582. The highest BCUT2D eigenvalue weighted by Crippen LogP contribution is 2.44. The summed E-state index contributed by atoms with van der Waals surface area (Å²) in [5.41, 5.74) is 0.468. The molecule has 0 saturated carbocycles. The van der Waals surface area contributed by atoms with Crippen LogP contribution >= 0.6 is 0 Å². The standard InChI is InChI=1S/C12H17NO5S/c1-12(2)9-7-8(18-19(14,15)13-3)5-6-10(9)17-11(12)16-4/h5-7,11,13H,1-4H3. The Labute approximate surface area is 112 Å². The summed E-state index contributed by atoms with van der Waals surface area (Å²) in [6, 6.07) is 4.88. The third-order valence-electron chi connectivity index (χ3n) is 3.14. The van der Waals surface area contributed by atoms with Gasteiger partial charge in [0, 0.05) is 19.7 Å². The van der Waals surface area contributed by atoms with Crippen molar-refractivity contribution in [1.82, 2.24) is 4.72 Å². The molecule has 0 amide bonds. The first kappa shape index (κ1) is 14.1. The minimum atomic E-state index is -3.77. The summed E-state index contributed by atoms with van der Waals surface area (Å²) in [5, 5.41) is 0. The lowest BCUT2D eigenvalue weighted by molar-refractivity contribution is -0.0779. The second kappa shape index (κ2) is 4.66. The summed E-state index contributed by atoms with van der Waals surface area (Å²) in [5.74, 6) is 0.910. The Kier molecular flexibility index (Phi) is 3.46. The van der Waals surface area contributed by atoms with Gasteiger partial charge < -0.3 is 13.7 Å². The predicted molar refractivity (Wildman–Crippen MR) is 69.5 cm³/mol. The van der Waals surface area contributed by atoms with Gasteiger partial charge in [0.2, 0.25) is 6.29 Å². The van der Waals surface area contributed by atoms with E-state index in [1.165, 1.54) is 7.05 Å². The fourth-order valence-electron chi connectivity index (χ4n) is 2.07. The van der Waals surface area contributed by atoms with Crippen molar-refractivity contribution in [1.29, 1.82) is 0 Å². The lowest BCUT2D eigenvalue weighted by atomic mass is 9.85. The van der Waals surface area contributed by atoms with Crippen LogP contribution in [0.2, 0.25) is 0 Å². The topological polar surface area (TPSA) is 73.9 Å². The highest BCUT2D eigenvalue weighted by atomic mass is 32.2. The van der Waals surface area contributed by atoms with Gasteiger partial charge in [-0.1, -0.05) is 0 Å². The molecule has 1 N–H and O–H groups in total. The highest BCUT2D eigenvalue weighted by Gasteiger charge is 2.42. The van der Waals surface area contributed by atoms with Gasteiger partial charge in [-0.2, -0.15) is 13.1 Å². The number of benzene rings is 1. The molecule has 1 atom stereocenters. The molecule has 0 bridgehead atoms. The van der Waals surface area contributed by atoms with Crippen LogP contribution in [0.15, 0.2) is 18.2 Å². The first-order valence-electron chi connectivity index (χ1n) is 5.77. The molecule has 0 radical (unpaired) electrons. The lowest BCUT2D eigenvalue weighted by Gasteiger charge is -2.24. The fraction of sp³-hybridized carbons (Fsp3) is 0.500. The van der Waals surface area contributed by atoms with Gasteiger partial charge in [0.25, 0.3) is 0 Å². The van der Waals surface area contributed by atoms with Crippen molar-refractivity contribution in [2.24, 2.45) is 0 Å². The molecule has 0 aromatic heterocycles. The third kappa shape index (κ3) is 2.54. The molecule has 7 heteroatoms. The monoisotopic (exact) mass is 287 g/mol. The zero-order valence-corrected chi connectivity index (χ0v) is 12.1. The molecule has 106 valence electrons. The smallest absolute Gasteiger partial charge is 0.382 e. The number of hydrogen-bond donors (Lipinski definition) is 1. The van der Waals surface area contributed by atoms with Crippen LogP contribution in [-0.2, 0) is 20.5 Å². The summed E-state index contributed by atoms with van der Waals surface area (Å²) >= 11 is 0. The van der Waals surface area contributed by atoms with Crippen LogP contribution in [0.4, 0.5) is 0 Å². The average Bonchev–Trinajstić information content (AvgIpc) is 2.60.